The zero-order valence-corrected chi connectivity index (χ0v) is 13.1. The van der Waals surface area contributed by atoms with E-state index in [0.717, 1.165) is 5.56 Å². The fourth-order valence-corrected chi connectivity index (χ4v) is 2.07. The minimum Gasteiger partial charge on any atom is -0.493 e. The summed E-state index contributed by atoms with van der Waals surface area (Å²) in [5.74, 6) is 1.35. The highest BCUT2D eigenvalue weighted by atomic mass is 16.5. The van der Waals surface area contributed by atoms with Gasteiger partial charge in [-0.2, -0.15) is 0 Å². The van der Waals surface area contributed by atoms with Crippen LogP contribution in [0.15, 0.2) is 42.5 Å². The lowest BCUT2D eigenvalue weighted by Gasteiger charge is -2.19. The van der Waals surface area contributed by atoms with Gasteiger partial charge < -0.3 is 15.2 Å². The van der Waals surface area contributed by atoms with E-state index in [1.807, 2.05) is 6.07 Å². The molecule has 3 nitrogen and oxygen atoms in total. The Kier molecular flexibility index (Phi) is 4.41. The van der Waals surface area contributed by atoms with E-state index >= 15 is 0 Å². The number of nitrogen functional groups attached to an aromatic ring is 1. The number of ether oxygens (including phenoxy) is 2. The molecule has 0 unspecified atom stereocenters. The molecular formula is C18H23NO2. The van der Waals surface area contributed by atoms with Crippen molar-refractivity contribution in [3.05, 3.63) is 53.6 Å². The largest absolute Gasteiger partial charge is 0.493 e. The van der Waals surface area contributed by atoms with Crippen LogP contribution in [0.1, 0.15) is 31.9 Å². The molecule has 0 spiro atoms. The highest BCUT2D eigenvalue weighted by Crippen LogP contribution is 2.30. The molecule has 0 radical (unpaired) electrons. The Hall–Kier alpha value is -2.16. The van der Waals surface area contributed by atoms with Crippen molar-refractivity contribution in [2.45, 2.75) is 32.8 Å². The first-order valence-electron chi connectivity index (χ1n) is 7.06. The predicted octanol–water partition coefficient (Wildman–Crippen LogP) is 4.15. The van der Waals surface area contributed by atoms with Crippen LogP contribution in [0.5, 0.6) is 11.5 Å². The Bertz CT molecular complexity index is 598. The third kappa shape index (κ3) is 3.91. The van der Waals surface area contributed by atoms with E-state index in [-0.39, 0.29) is 5.41 Å². The molecule has 21 heavy (non-hydrogen) atoms. The molecule has 2 N–H and O–H groups in total. The second-order valence-electron chi connectivity index (χ2n) is 6.15. The van der Waals surface area contributed by atoms with Crippen LogP contribution >= 0.6 is 0 Å². The fourth-order valence-electron chi connectivity index (χ4n) is 2.07. The number of rotatable bonds is 4. The molecule has 2 aromatic rings. The second-order valence-corrected chi connectivity index (χ2v) is 6.15. The van der Waals surface area contributed by atoms with Gasteiger partial charge in [-0.25, -0.2) is 0 Å². The summed E-state index contributed by atoms with van der Waals surface area (Å²) in [6.07, 6.45) is 0. The first-order valence-corrected chi connectivity index (χ1v) is 7.06. The van der Waals surface area contributed by atoms with Gasteiger partial charge in [0, 0.05) is 11.8 Å². The lowest BCUT2D eigenvalue weighted by atomic mass is 9.87. The van der Waals surface area contributed by atoms with Crippen molar-refractivity contribution in [3.8, 4) is 11.5 Å². The van der Waals surface area contributed by atoms with E-state index in [2.05, 4.69) is 45.0 Å². The monoisotopic (exact) mass is 285 g/mol. The molecule has 0 aliphatic rings. The average Bonchev–Trinajstić information content (AvgIpc) is 2.45. The van der Waals surface area contributed by atoms with Crippen LogP contribution in [0.3, 0.4) is 0 Å². The van der Waals surface area contributed by atoms with E-state index < -0.39 is 0 Å². The summed E-state index contributed by atoms with van der Waals surface area (Å²) < 4.78 is 11.1. The summed E-state index contributed by atoms with van der Waals surface area (Å²) in [6, 6.07) is 13.9. The van der Waals surface area contributed by atoms with Gasteiger partial charge in [0.2, 0.25) is 0 Å². The SMILES string of the molecule is COc1ccc(N)cc1OCc1ccc(C(C)(C)C)cc1. The van der Waals surface area contributed by atoms with Crippen molar-refractivity contribution in [3.63, 3.8) is 0 Å². The number of methoxy groups -OCH3 is 1. The van der Waals surface area contributed by atoms with Crippen LogP contribution < -0.4 is 15.2 Å². The molecule has 0 saturated heterocycles. The molecule has 0 saturated carbocycles. The van der Waals surface area contributed by atoms with E-state index in [1.165, 1.54) is 5.56 Å². The van der Waals surface area contributed by atoms with Crippen molar-refractivity contribution < 1.29 is 9.47 Å². The van der Waals surface area contributed by atoms with Gasteiger partial charge in [0.05, 0.1) is 7.11 Å². The molecule has 0 aliphatic carbocycles. The Morgan fingerprint density at radius 2 is 1.62 bits per heavy atom. The van der Waals surface area contributed by atoms with Crippen LogP contribution in [-0.2, 0) is 12.0 Å². The number of nitrogens with two attached hydrogens (primary N) is 1. The van der Waals surface area contributed by atoms with Crippen LogP contribution in [0.4, 0.5) is 5.69 Å². The molecule has 0 fully saturated rings. The number of hydrogen-bond donors (Lipinski definition) is 1. The highest BCUT2D eigenvalue weighted by molar-refractivity contribution is 5.52. The van der Waals surface area contributed by atoms with Crippen LogP contribution in [-0.4, -0.2) is 7.11 Å². The Morgan fingerprint density at radius 3 is 2.19 bits per heavy atom. The lowest BCUT2D eigenvalue weighted by Crippen LogP contribution is -2.10. The molecular weight excluding hydrogens is 262 g/mol. The summed E-state index contributed by atoms with van der Waals surface area (Å²) in [4.78, 5) is 0. The van der Waals surface area contributed by atoms with E-state index in [9.17, 15) is 0 Å². The summed E-state index contributed by atoms with van der Waals surface area (Å²) in [5, 5.41) is 0. The van der Waals surface area contributed by atoms with Gasteiger partial charge in [-0.1, -0.05) is 45.0 Å². The molecule has 0 heterocycles. The molecule has 112 valence electrons. The molecule has 0 bridgehead atoms. The molecule has 0 aliphatic heterocycles. The van der Waals surface area contributed by atoms with Gasteiger partial charge in [-0.05, 0) is 28.7 Å². The normalized spacial score (nSPS) is 11.2. The molecule has 2 aromatic carbocycles. The maximum atomic E-state index is 5.82. The Balaban J connectivity index is 2.08. The maximum Gasteiger partial charge on any atom is 0.163 e. The van der Waals surface area contributed by atoms with Gasteiger partial charge in [0.25, 0.3) is 0 Å². The first kappa shape index (κ1) is 15.2. The number of benzene rings is 2. The number of hydrogen-bond acceptors (Lipinski definition) is 3. The van der Waals surface area contributed by atoms with Gasteiger partial charge in [-0.3, -0.25) is 0 Å². The smallest absolute Gasteiger partial charge is 0.163 e. The van der Waals surface area contributed by atoms with Crippen molar-refractivity contribution >= 4 is 5.69 Å². The maximum absolute atomic E-state index is 5.82. The molecule has 3 heteroatoms. The van der Waals surface area contributed by atoms with Crippen LogP contribution in [0.25, 0.3) is 0 Å². The standard InChI is InChI=1S/C18H23NO2/c1-18(2,3)14-7-5-13(6-8-14)12-21-17-11-15(19)9-10-16(17)20-4/h5-11H,12,19H2,1-4H3. The van der Waals surface area contributed by atoms with E-state index in [0.29, 0.717) is 23.8 Å². The van der Waals surface area contributed by atoms with Gasteiger partial charge in [-0.15, -0.1) is 0 Å². The van der Waals surface area contributed by atoms with E-state index in [4.69, 9.17) is 15.2 Å². The Morgan fingerprint density at radius 1 is 0.952 bits per heavy atom. The molecule has 0 amide bonds. The quantitative estimate of drug-likeness (QED) is 0.858. The van der Waals surface area contributed by atoms with Crippen LogP contribution in [0.2, 0.25) is 0 Å². The molecule has 2 rings (SSSR count). The Labute approximate surface area is 126 Å². The summed E-state index contributed by atoms with van der Waals surface area (Å²) in [7, 11) is 1.62. The summed E-state index contributed by atoms with van der Waals surface area (Å²) in [6.45, 7) is 7.10. The topological polar surface area (TPSA) is 44.5 Å². The van der Waals surface area contributed by atoms with Gasteiger partial charge in [0.15, 0.2) is 11.5 Å². The predicted molar refractivity (Wildman–Crippen MR) is 86.9 cm³/mol. The third-order valence-corrected chi connectivity index (χ3v) is 3.40. The third-order valence-electron chi connectivity index (χ3n) is 3.40. The lowest BCUT2D eigenvalue weighted by molar-refractivity contribution is 0.284. The van der Waals surface area contributed by atoms with Crippen molar-refractivity contribution in [2.24, 2.45) is 0 Å². The minimum atomic E-state index is 0.163. The number of anilines is 1. The molecule has 0 atom stereocenters. The van der Waals surface area contributed by atoms with Crippen molar-refractivity contribution in [1.82, 2.24) is 0 Å². The molecule has 0 aromatic heterocycles. The fraction of sp³-hybridized carbons (Fsp3) is 0.333. The first-order chi connectivity index (χ1) is 9.90. The highest BCUT2D eigenvalue weighted by Gasteiger charge is 2.13. The van der Waals surface area contributed by atoms with Crippen molar-refractivity contribution in [2.75, 3.05) is 12.8 Å². The van der Waals surface area contributed by atoms with Gasteiger partial charge >= 0.3 is 0 Å². The minimum absolute atomic E-state index is 0.163. The average molecular weight is 285 g/mol. The summed E-state index contributed by atoms with van der Waals surface area (Å²) >= 11 is 0. The second kappa shape index (κ2) is 6.08. The van der Waals surface area contributed by atoms with Crippen molar-refractivity contribution in [1.29, 1.82) is 0 Å². The summed E-state index contributed by atoms with van der Waals surface area (Å²) in [5.41, 5.74) is 9.04. The zero-order valence-electron chi connectivity index (χ0n) is 13.1. The van der Waals surface area contributed by atoms with Crippen LogP contribution in [0, 0.1) is 0 Å². The van der Waals surface area contributed by atoms with E-state index in [1.54, 1.807) is 19.2 Å². The zero-order chi connectivity index (χ0) is 15.5. The van der Waals surface area contributed by atoms with Gasteiger partial charge in [0.1, 0.15) is 6.61 Å².